The zero-order valence-electron chi connectivity index (χ0n) is 8.25. The van der Waals surface area contributed by atoms with Crippen LogP contribution in [0.4, 0.5) is 0 Å². The van der Waals surface area contributed by atoms with Crippen molar-refractivity contribution in [3.8, 4) is 0 Å². The number of halogens is 1. The number of hydrogen-bond donors (Lipinski definition) is 2. The molecule has 1 saturated heterocycles. The van der Waals surface area contributed by atoms with E-state index in [9.17, 15) is 4.79 Å². The molecule has 1 aromatic rings. The van der Waals surface area contributed by atoms with E-state index in [4.69, 9.17) is 16.0 Å². The maximum atomic E-state index is 11.6. The van der Waals surface area contributed by atoms with Crippen molar-refractivity contribution in [3.05, 3.63) is 23.1 Å². The van der Waals surface area contributed by atoms with Crippen molar-refractivity contribution in [3.63, 3.8) is 0 Å². The highest BCUT2D eigenvalue weighted by Gasteiger charge is 2.17. The van der Waals surface area contributed by atoms with Gasteiger partial charge in [0.05, 0.1) is 11.8 Å². The summed E-state index contributed by atoms with van der Waals surface area (Å²) in [4.78, 5) is 11.6. The lowest BCUT2D eigenvalue weighted by Gasteiger charge is -2.10. The van der Waals surface area contributed by atoms with Gasteiger partial charge in [-0.1, -0.05) is 0 Å². The van der Waals surface area contributed by atoms with Crippen LogP contribution in [0.2, 0.25) is 5.22 Å². The third-order valence-corrected chi connectivity index (χ3v) is 2.83. The Morgan fingerprint density at radius 1 is 1.73 bits per heavy atom. The molecule has 4 nitrogen and oxygen atoms in total. The van der Waals surface area contributed by atoms with E-state index in [1.165, 1.54) is 12.7 Å². The smallest absolute Gasteiger partial charge is 0.256 e. The zero-order valence-corrected chi connectivity index (χ0v) is 9.01. The highest BCUT2D eigenvalue weighted by molar-refractivity contribution is 6.32. The minimum atomic E-state index is -0.178. The molecule has 2 N–H and O–H groups in total. The Bertz CT molecular complexity index is 345. The third-order valence-electron chi connectivity index (χ3n) is 2.53. The van der Waals surface area contributed by atoms with Gasteiger partial charge in [-0.05, 0) is 37.1 Å². The van der Waals surface area contributed by atoms with Crippen LogP contribution in [0.3, 0.4) is 0 Å². The fourth-order valence-corrected chi connectivity index (χ4v) is 1.90. The van der Waals surface area contributed by atoms with Crippen LogP contribution in [0.1, 0.15) is 23.2 Å². The van der Waals surface area contributed by atoms with Gasteiger partial charge in [0.1, 0.15) is 0 Å². The molecule has 1 fully saturated rings. The monoisotopic (exact) mass is 228 g/mol. The number of nitrogens with one attached hydrogen (secondary N) is 2. The Hall–Kier alpha value is -1.00. The summed E-state index contributed by atoms with van der Waals surface area (Å²) in [6.07, 6.45) is 3.69. The van der Waals surface area contributed by atoms with Crippen LogP contribution in [0.5, 0.6) is 0 Å². The van der Waals surface area contributed by atoms with Gasteiger partial charge in [0, 0.05) is 12.6 Å². The van der Waals surface area contributed by atoms with Crippen LogP contribution in [-0.2, 0) is 0 Å². The molecule has 2 rings (SSSR count). The van der Waals surface area contributed by atoms with E-state index < -0.39 is 0 Å². The van der Waals surface area contributed by atoms with Crippen molar-refractivity contribution < 1.29 is 9.21 Å². The number of carbonyl (C=O) groups excluding carboxylic acids is 1. The average Bonchev–Trinajstić information content (AvgIpc) is 2.84. The first kappa shape index (κ1) is 10.5. The molecule has 1 amide bonds. The summed E-state index contributed by atoms with van der Waals surface area (Å²) in [6.45, 7) is 1.67. The molecule has 82 valence electrons. The highest BCUT2D eigenvalue weighted by atomic mass is 35.5. The van der Waals surface area contributed by atoms with Crippen LogP contribution in [0.15, 0.2) is 16.7 Å². The predicted octanol–water partition coefficient (Wildman–Crippen LogP) is 1.41. The Labute approximate surface area is 93.0 Å². The third kappa shape index (κ3) is 2.52. The number of hydrogen-bond acceptors (Lipinski definition) is 3. The van der Waals surface area contributed by atoms with Gasteiger partial charge in [0.25, 0.3) is 5.91 Å². The summed E-state index contributed by atoms with van der Waals surface area (Å²) in [5.74, 6) is -0.178. The maximum absolute atomic E-state index is 11.6. The van der Waals surface area contributed by atoms with E-state index in [2.05, 4.69) is 10.6 Å². The quantitative estimate of drug-likeness (QED) is 0.823. The molecule has 1 atom stereocenters. The molecule has 0 aromatic carbocycles. The SMILES string of the molecule is O=C(NCC1CCCN1)c1ccoc1Cl. The van der Waals surface area contributed by atoms with Crippen LogP contribution in [-0.4, -0.2) is 25.0 Å². The summed E-state index contributed by atoms with van der Waals surface area (Å²) in [7, 11) is 0. The second-order valence-corrected chi connectivity index (χ2v) is 3.95. The first-order valence-corrected chi connectivity index (χ1v) is 5.40. The Morgan fingerprint density at radius 3 is 3.20 bits per heavy atom. The van der Waals surface area contributed by atoms with E-state index in [1.807, 2.05) is 0 Å². The standard InChI is InChI=1S/C10H13ClN2O2/c11-9-8(3-5-15-9)10(14)13-6-7-2-1-4-12-7/h3,5,7,12H,1-2,4,6H2,(H,13,14). The lowest BCUT2D eigenvalue weighted by Crippen LogP contribution is -2.37. The molecule has 0 bridgehead atoms. The molecule has 0 aliphatic carbocycles. The van der Waals surface area contributed by atoms with E-state index in [-0.39, 0.29) is 11.1 Å². The maximum Gasteiger partial charge on any atom is 0.256 e. The number of rotatable bonds is 3. The van der Waals surface area contributed by atoms with E-state index in [1.54, 1.807) is 6.07 Å². The largest absolute Gasteiger partial charge is 0.452 e. The van der Waals surface area contributed by atoms with Gasteiger partial charge < -0.3 is 15.1 Å². The summed E-state index contributed by atoms with van der Waals surface area (Å²) >= 11 is 5.69. The molecular weight excluding hydrogens is 216 g/mol. The topological polar surface area (TPSA) is 54.3 Å². The van der Waals surface area contributed by atoms with Gasteiger partial charge in [0.15, 0.2) is 0 Å². The minimum absolute atomic E-state index is 0.145. The Kier molecular flexibility index (Phi) is 3.28. The fraction of sp³-hybridized carbons (Fsp3) is 0.500. The number of amides is 1. The van der Waals surface area contributed by atoms with Crippen molar-refractivity contribution in [1.29, 1.82) is 0 Å². The molecular formula is C10H13ClN2O2. The van der Waals surface area contributed by atoms with Crippen LogP contribution in [0, 0.1) is 0 Å². The van der Waals surface area contributed by atoms with Crippen molar-refractivity contribution in [2.24, 2.45) is 0 Å². The first-order valence-electron chi connectivity index (χ1n) is 5.02. The van der Waals surface area contributed by atoms with E-state index >= 15 is 0 Å². The molecule has 0 radical (unpaired) electrons. The van der Waals surface area contributed by atoms with Crippen LogP contribution in [0.25, 0.3) is 0 Å². The second-order valence-electron chi connectivity index (χ2n) is 3.61. The van der Waals surface area contributed by atoms with Gasteiger partial charge in [-0.15, -0.1) is 0 Å². The Balaban J connectivity index is 1.84. The average molecular weight is 229 g/mol. The van der Waals surface area contributed by atoms with Gasteiger partial charge in [-0.2, -0.15) is 0 Å². The van der Waals surface area contributed by atoms with Gasteiger partial charge >= 0.3 is 0 Å². The highest BCUT2D eigenvalue weighted by Crippen LogP contribution is 2.16. The molecule has 2 heterocycles. The van der Waals surface area contributed by atoms with Gasteiger partial charge in [0.2, 0.25) is 5.22 Å². The molecule has 0 spiro atoms. The summed E-state index contributed by atoms with van der Waals surface area (Å²) in [5.41, 5.74) is 0.398. The van der Waals surface area contributed by atoms with E-state index in [0.29, 0.717) is 18.2 Å². The summed E-state index contributed by atoms with van der Waals surface area (Å²) in [6, 6.07) is 1.96. The summed E-state index contributed by atoms with van der Waals surface area (Å²) < 4.78 is 4.85. The normalized spacial score (nSPS) is 20.5. The van der Waals surface area contributed by atoms with Crippen molar-refractivity contribution in [2.75, 3.05) is 13.1 Å². The second kappa shape index (κ2) is 4.68. The fourth-order valence-electron chi connectivity index (χ4n) is 1.70. The minimum Gasteiger partial charge on any atom is -0.452 e. The van der Waals surface area contributed by atoms with Crippen molar-refractivity contribution in [1.82, 2.24) is 10.6 Å². The molecule has 0 saturated carbocycles. The van der Waals surface area contributed by atoms with Crippen LogP contribution >= 0.6 is 11.6 Å². The molecule has 1 aromatic heterocycles. The summed E-state index contributed by atoms with van der Waals surface area (Å²) in [5, 5.41) is 6.27. The Morgan fingerprint density at radius 2 is 2.60 bits per heavy atom. The molecule has 1 aliphatic heterocycles. The lowest BCUT2D eigenvalue weighted by atomic mass is 10.2. The number of carbonyl (C=O) groups is 1. The van der Waals surface area contributed by atoms with Gasteiger partial charge in [-0.25, -0.2) is 0 Å². The van der Waals surface area contributed by atoms with E-state index in [0.717, 1.165) is 13.0 Å². The van der Waals surface area contributed by atoms with Crippen molar-refractivity contribution in [2.45, 2.75) is 18.9 Å². The zero-order chi connectivity index (χ0) is 10.7. The number of furan rings is 1. The lowest BCUT2D eigenvalue weighted by molar-refractivity contribution is 0.0950. The van der Waals surface area contributed by atoms with Crippen LogP contribution < -0.4 is 10.6 Å². The van der Waals surface area contributed by atoms with Gasteiger partial charge in [-0.3, -0.25) is 4.79 Å². The predicted molar refractivity (Wildman–Crippen MR) is 57.1 cm³/mol. The molecule has 1 unspecified atom stereocenters. The van der Waals surface area contributed by atoms with Crippen molar-refractivity contribution >= 4 is 17.5 Å². The molecule has 15 heavy (non-hydrogen) atoms. The first-order chi connectivity index (χ1) is 7.27. The molecule has 1 aliphatic rings. The molecule has 5 heteroatoms.